The van der Waals surface area contributed by atoms with Gasteiger partial charge in [0.1, 0.15) is 24.4 Å². The number of esters is 3. The molecule has 0 amide bonds. The number of aromatic hydroxyl groups is 2. The van der Waals surface area contributed by atoms with Gasteiger partial charge in [-0.15, -0.1) is 0 Å². The number of rotatable bonds is 14. The van der Waals surface area contributed by atoms with Crippen molar-refractivity contribution in [1.29, 1.82) is 0 Å². The summed E-state index contributed by atoms with van der Waals surface area (Å²) < 4.78 is 50.0. The molecule has 2 fully saturated rings. The Bertz CT molecular complexity index is 1560. The van der Waals surface area contributed by atoms with Crippen molar-refractivity contribution in [2.24, 2.45) is 0 Å². The van der Waals surface area contributed by atoms with E-state index in [1.54, 1.807) is 12.1 Å². The fourth-order valence-electron chi connectivity index (χ4n) is 5.73. The number of aliphatic hydroxyl groups is 3. The van der Waals surface area contributed by atoms with Gasteiger partial charge >= 0.3 is 17.9 Å². The van der Waals surface area contributed by atoms with Crippen LogP contribution in [-0.4, -0.2) is 132 Å². The van der Waals surface area contributed by atoms with Gasteiger partial charge in [0.15, 0.2) is 53.9 Å². The number of phenolic OH excluding ortho intramolecular Hbond substituents is 2. The van der Waals surface area contributed by atoms with Gasteiger partial charge in [-0.3, -0.25) is 9.59 Å². The van der Waals surface area contributed by atoms with Gasteiger partial charge in [-0.1, -0.05) is 12.1 Å². The second-order valence-corrected chi connectivity index (χ2v) is 12.0. The smallest absolute Gasteiger partial charge is 0.331 e. The lowest BCUT2D eigenvalue weighted by Gasteiger charge is -2.47. The summed E-state index contributed by atoms with van der Waals surface area (Å²) in [6, 6.07) is 9.09. The maximum absolute atomic E-state index is 13.1. The number of methoxy groups -OCH3 is 2. The number of carbonyl (C=O) groups is 3. The quantitative estimate of drug-likeness (QED) is 0.102. The lowest BCUT2D eigenvalue weighted by atomic mass is 9.96. The van der Waals surface area contributed by atoms with Crippen molar-refractivity contribution >= 4 is 24.0 Å². The second-order valence-electron chi connectivity index (χ2n) is 12.0. The molecule has 0 spiro atoms. The summed E-state index contributed by atoms with van der Waals surface area (Å²) in [5, 5.41) is 53.1. The van der Waals surface area contributed by atoms with Crippen LogP contribution in [0.2, 0.25) is 0 Å². The molecule has 5 N–H and O–H groups in total. The third-order valence-corrected chi connectivity index (χ3v) is 8.23. The lowest BCUT2D eigenvalue weighted by molar-refractivity contribution is -0.358. The van der Waals surface area contributed by atoms with Gasteiger partial charge in [0.05, 0.1) is 33.5 Å². The van der Waals surface area contributed by atoms with Crippen LogP contribution in [-0.2, 0) is 54.0 Å². The molecule has 4 rings (SSSR count). The van der Waals surface area contributed by atoms with E-state index < -0.39 is 85.9 Å². The zero-order chi connectivity index (χ0) is 38.1. The second kappa shape index (κ2) is 18.3. The molecule has 2 heterocycles. The monoisotopic (exact) mass is 736 g/mol. The van der Waals surface area contributed by atoms with Gasteiger partial charge in [0.25, 0.3) is 0 Å². The van der Waals surface area contributed by atoms with Crippen LogP contribution in [0.1, 0.15) is 31.9 Å². The summed E-state index contributed by atoms with van der Waals surface area (Å²) in [6.07, 6.45) is -12.2. The Morgan fingerprint density at radius 1 is 0.788 bits per heavy atom. The molecule has 2 aliphatic rings. The first kappa shape index (κ1) is 40.3. The van der Waals surface area contributed by atoms with E-state index in [4.69, 9.17) is 42.6 Å². The van der Waals surface area contributed by atoms with Crippen LogP contribution in [0.5, 0.6) is 23.0 Å². The zero-order valence-electron chi connectivity index (χ0n) is 29.1. The largest absolute Gasteiger partial charge is 0.504 e. The zero-order valence-corrected chi connectivity index (χ0v) is 29.1. The van der Waals surface area contributed by atoms with Crippen molar-refractivity contribution in [3.8, 4) is 23.0 Å². The van der Waals surface area contributed by atoms with E-state index in [0.717, 1.165) is 19.9 Å². The van der Waals surface area contributed by atoms with Gasteiger partial charge in [-0.05, 0) is 54.8 Å². The molecule has 0 radical (unpaired) electrons. The molecule has 0 bridgehead atoms. The summed E-state index contributed by atoms with van der Waals surface area (Å²) in [4.78, 5) is 37.0. The molecule has 2 aromatic carbocycles. The van der Waals surface area contributed by atoms with E-state index in [2.05, 4.69) is 0 Å². The molecule has 286 valence electrons. The van der Waals surface area contributed by atoms with E-state index in [1.807, 2.05) is 0 Å². The summed E-state index contributed by atoms with van der Waals surface area (Å²) in [7, 11) is 2.77. The Morgan fingerprint density at radius 2 is 1.48 bits per heavy atom. The van der Waals surface area contributed by atoms with Crippen LogP contribution in [0.15, 0.2) is 42.5 Å². The van der Waals surface area contributed by atoms with E-state index in [9.17, 15) is 39.9 Å². The Morgan fingerprint density at radius 3 is 2.12 bits per heavy atom. The van der Waals surface area contributed by atoms with E-state index in [-0.39, 0.29) is 36.0 Å². The Labute approximate surface area is 299 Å². The molecule has 17 nitrogen and oxygen atoms in total. The van der Waals surface area contributed by atoms with E-state index in [0.29, 0.717) is 11.1 Å². The standard InChI is InChI=1S/C35H44O17/c1-17-30(48-18(2)37)28(42)33(49-19(3)38)35(47-17)52-32-29(43)34(46-13-12-21-7-10-24(44-4)23(40)14-21)50-26(16-36)31(32)51-27(41)11-8-20-6-9-22(39)25(15-20)45-5/h6-11,14-15,17,26,28-36,39-40,42-43H,12-13,16H2,1-5H3. The number of hydrogen-bond donors (Lipinski definition) is 5. The number of ether oxygens (including phenoxy) is 9. The van der Waals surface area contributed by atoms with Crippen LogP contribution in [0.3, 0.4) is 0 Å². The summed E-state index contributed by atoms with van der Waals surface area (Å²) in [5.41, 5.74) is 1.12. The highest BCUT2D eigenvalue weighted by molar-refractivity contribution is 5.87. The molecule has 0 saturated carbocycles. The third kappa shape index (κ3) is 10.1. The van der Waals surface area contributed by atoms with Crippen LogP contribution < -0.4 is 9.47 Å². The first-order valence-corrected chi connectivity index (χ1v) is 16.3. The molecular weight excluding hydrogens is 692 g/mol. The number of phenols is 2. The Kier molecular flexibility index (Phi) is 14.2. The molecule has 2 aromatic rings. The fraction of sp³-hybridized carbons (Fsp3) is 0.514. The predicted molar refractivity (Wildman–Crippen MR) is 176 cm³/mol. The maximum Gasteiger partial charge on any atom is 0.331 e. The number of aliphatic hydroxyl groups excluding tert-OH is 3. The molecule has 0 aromatic heterocycles. The van der Waals surface area contributed by atoms with Gasteiger partial charge < -0.3 is 68.2 Å². The SMILES string of the molecule is COc1ccc(CCOC2OC(CO)C(OC(=O)C=Cc3ccc(O)c(OC)c3)C(OC3OC(C)C(OC(C)=O)C(O)C3OC(C)=O)C2O)cc1O. The van der Waals surface area contributed by atoms with Crippen LogP contribution in [0.25, 0.3) is 6.08 Å². The van der Waals surface area contributed by atoms with Crippen molar-refractivity contribution in [3.05, 3.63) is 53.6 Å². The van der Waals surface area contributed by atoms with Crippen molar-refractivity contribution in [2.75, 3.05) is 27.4 Å². The van der Waals surface area contributed by atoms with Gasteiger partial charge in [0, 0.05) is 19.9 Å². The summed E-state index contributed by atoms with van der Waals surface area (Å²) in [6.45, 7) is 2.86. The van der Waals surface area contributed by atoms with Crippen molar-refractivity contribution in [3.63, 3.8) is 0 Å². The molecular formula is C35H44O17. The minimum absolute atomic E-state index is 0.0581. The average Bonchev–Trinajstić information content (AvgIpc) is 3.10. The molecule has 2 aliphatic heterocycles. The maximum atomic E-state index is 13.1. The van der Waals surface area contributed by atoms with Crippen LogP contribution in [0.4, 0.5) is 0 Å². The van der Waals surface area contributed by atoms with Gasteiger partial charge in [-0.25, -0.2) is 4.79 Å². The lowest BCUT2D eigenvalue weighted by Crippen LogP contribution is -2.65. The minimum Gasteiger partial charge on any atom is -0.504 e. The third-order valence-electron chi connectivity index (χ3n) is 8.23. The number of benzene rings is 2. The fourth-order valence-corrected chi connectivity index (χ4v) is 5.73. The average molecular weight is 737 g/mol. The molecule has 0 aliphatic carbocycles. The Balaban J connectivity index is 1.60. The topological polar surface area (TPSA) is 235 Å². The van der Waals surface area contributed by atoms with Crippen LogP contribution in [0, 0.1) is 0 Å². The van der Waals surface area contributed by atoms with Gasteiger partial charge in [-0.2, -0.15) is 0 Å². The summed E-state index contributed by atoms with van der Waals surface area (Å²) >= 11 is 0. The summed E-state index contributed by atoms with van der Waals surface area (Å²) in [5.74, 6) is -2.31. The first-order chi connectivity index (χ1) is 24.8. The number of carbonyl (C=O) groups excluding carboxylic acids is 3. The molecule has 2 saturated heterocycles. The molecule has 17 heteroatoms. The highest BCUT2D eigenvalue weighted by Crippen LogP contribution is 2.34. The predicted octanol–water partition coefficient (Wildman–Crippen LogP) is 0.732. The minimum atomic E-state index is -1.74. The van der Waals surface area contributed by atoms with Crippen LogP contribution >= 0.6 is 0 Å². The highest BCUT2D eigenvalue weighted by Gasteiger charge is 2.54. The molecule has 10 atom stereocenters. The van der Waals surface area contributed by atoms with Crippen molar-refractivity contribution in [1.82, 2.24) is 0 Å². The molecule has 52 heavy (non-hydrogen) atoms. The van der Waals surface area contributed by atoms with E-state index >= 15 is 0 Å². The van der Waals surface area contributed by atoms with Gasteiger partial charge in [0.2, 0.25) is 0 Å². The first-order valence-electron chi connectivity index (χ1n) is 16.3. The Hall–Kier alpha value is -4.49. The van der Waals surface area contributed by atoms with E-state index in [1.165, 1.54) is 51.5 Å². The highest BCUT2D eigenvalue weighted by atomic mass is 16.8. The number of hydrogen-bond acceptors (Lipinski definition) is 17. The molecule has 10 unspecified atom stereocenters. The normalized spacial score (nSPS) is 28.9. The van der Waals surface area contributed by atoms with Crippen molar-refractivity contribution < 1.29 is 82.5 Å². The van der Waals surface area contributed by atoms with Crippen molar-refractivity contribution in [2.45, 2.75) is 88.6 Å².